The van der Waals surface area contributed by atoms with Gasteiger partial charge >= 0.3 is 0 Å². The van der Waals surface area contributed by atoms with Crippen LogP contribution in [0.1, 0.15) is 11.1 Å². The predicted octanol–water partition coefficient (Wildman–Crippen LogP) is 3.33. The summed E-state index contributed by atoms with van der Waals surface area (Å²) >= 11 is 0. The second-order valence-electron chi connectivity index (χ2n) is 6.91. The summed E-state index contributed by atoms with van der Waals surface area (Å²) in [4.78, 5) is 19.0. The van der Waals surface area contributed by atoms with Gasteiger partial charge in [-0.2, -0.15) is 0 Å². The van der Waals surface area contributed by atoms with E-state index in [4.69, 9.17) is 4.74 Å². The highest BCUT2D eigenvalue weighted by Gasteiger charge is 2.17. The van der Waals surface area contributed by atoms with Crippen LogP contribution in [0, 0.1) is 6.92 Å². The number of pyridine rings is 1. The maximum absolute atomic E-state index is 12.3. The molecule has 0 aliphatic rings. The zero-order chi connectivity index (χ0) is 20.6. The minimum absolute atomic E-state index is 0.0873. The Balaban J connectivity index is 1.93. The maximum atomic E-state index is 12.3. The topological polar surface area (TPSA) is 93.5 Å². The molecule has 1 N–H and O–H groups in total. The van der Waals surface area contributed by atoms with Gasteiger partial charge in [-0.25, -0.2) is 8.42 Å². The van der Waals surface area contributed by atoms with Crippen molar-refractivity contribution in [2.45, 2.75) is 12.7 Å². The van der Waals surface area contributed by atoms with Crippen LogP contribution in [-0.4, -0.2) is 29.0 Å². The van der Waals surface area contributed by atoms with Crippen LogP contribution in [0.4, 0.5) is 0 Å². The van der Waals surface area contributed by atoms with Crippen molar-refractivity contribution < 1.29 is 13.2 Å². The van der Waals surface area contributed by atoms with E-state index in [-0.39, 0.29) is 11.3 Å². The summed E-state index contributed by atoms with van der Waals surface area (Å²) in [5, 5.41) is 0. The van der Waals surface area contributed by atoms with Gasteiger partial charge in [-0.15, -0.1) is 0 Å². The van der Waals surface area contributed by atoms with Crippen LogP contribution in [0.5, 0.6) is 11.5 Å². The minimum Gasteiger partial charge on any atom is -0.455 e. The van der Waals surface area contributed by atoms with Crippen molar-refractivity contribution in [2.75, 3.05) is 6.26 Å². The lowest BCUT2D eigenvalue weighted by Gasteiger charge is -2.13. The number of aromatic amines is 1. The van der Waals surface area contributed by atoms with Crippen molar-refractivity contribution in [3.63, 3.8) is 0 Å². The number of hydrogen-bond acceptors (Lipinski definition) is 5. The van der Waals surface area contributed by atoms with Gasteiger partial charge in [0.2, 0.25) is 0 Å². The van der Waals surface area contributed by atoms with E-state index in [9.17, 15) is 13.2 Å². The highest BCUT2D eigenvalue weighted by molar-refractivity contribution is 7.89. The largest absolute Gasteiger partial charge is 0.455 e. The SMILES string of the molecule is Cc1cc(-c2cc(CS(C)(=O)=O)ccc2Oc2cccnc2)n2cc[nH]c(=O)c12. The van der Waals surface area contributed by atoms with Crippen molar-refractivity contribution in [3.8, 4) is 22.8 Å². The summed E-state index contributed by atoms with van der Waals surface area (Å²) in [6.07, 6.45) is 7.78. The van der Waals surface area contributed by atoms with Gasteiger partial charge in [0.1, 0.15) is 17.0 Å². The van der Waals surface area contributed by atoms with Crippen molar-refractivity contribution >= 4 is 15.4 Å². The van der Waals surface area contributed by atoms with Crippen LogP contribution in [0.3, 0.4) is 0 Å². The molecular weight excluding hydrogens is 390 g/mol. The lowest BCUT2D eigenvalue weighted by atomic mass is 10.1. The normalized spacial score (nSPS) is 11.7. The average Bonchev–Trinajstić information content (AvgIpc) is 3.00. The number of aryl methyl sites for hydroxylation is 1. The van der Waals surface area contributed by atoms with Crippen molar-refractivity contribution in [3.05, 3.63) is 82.7 Å². The Labute approximate surface area is 167 Å². The van der Waals surface area contributed by atoms with Crippen LogP contribution in [0.2, 0.25) is 0 Å². The molecule has 148 valence electrons. The lowest BCUT2D eigenvalue weighted by molar-refractivity contribution is 0.481. The number of hydrogen-bond donors (Lipinski definition) is 1. The first-order valence-electron chi connectivity index (χ1n) is 8.90. The Hall–Kier alpha value is -3.39. The molecule has 4 aromatic rings. The van der Waals surface area contributed by atoms with Crippen LogP contribution in [0.15, 0.2) is 66.0 Å². The molecule has 0 amide bonds. The third-order valence-corrected chi connectivity index (χ3v) is 5.35. The van der Waals surface area contributed by atoms with Crippen LogP contribution < -0.4 is 10.3 Å². The number of H-pyrrole nitrogens is 1. The number of sulfone groups is 1. The zero-order valence-corrected chi connectivity index (χ0v) is 16.7. The molecule has 3 heterocycles. The quantitative estimate of drug-likeness (QED) is 0.546. The number of fused-ring (bicyclic) bond motifs is 1. The Morgan fingerprint density at radius 3 is 2.76 bits per heavy atom. The molecule has 1 aromatic carbocycles. The molecule has 0 spiro atoms. The summed E-state index contributed by atoms with van der Waals surface area (Å²) in [7, 11) is -3.20. The number of nitrogens with zero attached hydrogens (tertiary/aromatic N) is 2. The standard InChI is InChI=1S/C21H19N3O4S/c1-14-10-18(24-9-8-23-21(25)20(14)24)17-11-15(13-29(2,26)27)5-6-19(17)28-16-4-3-7-22-12-16/h3-12H,13H2,1-2H3,(H,23,25). The fourth-order valence-corrected chi connectivity index (χ4v) is 4.14. The molecule has 0 atom stereocenters. The smallest absolute Gasteiger partial charge is 0.272 e. The summed E-state index contributed by atoms with van der Waals surface area (Å²) in [5.41, 5.74) is 3.20. The van der Waals surface area contributed by atoms with Gasteiger partial charge in [0.25, 0.3) is 5.56 Å². The second-order valence-corrected chi connectivity index (χ2v) is 9.05. The molecule has 3 aromatic heterocycles. The zero-order valence-electron chi connectivity index (χ0n) is 15.9. The summed E-state index contributed by atoms with van der Waals surface area (Å²) in [6, 6.07) is 10.7. The van der Waals surface area contributed by atoms with Gasteiger partial charge in [0, 0.05) is 30.4 Å². The molecule has 29 heavy (non-hydrogen) atoms. The van der Waals surface area contributed by atoms with Gasteiger partial charge in [-0.3, -0.25) is 9.78 Å². The minimum atomic E-state index is -3.20. The molecule has 0 unspecified atom stereocenters. The molecule has 4 rings (SSSR count). The van der Waals surface area contributed by atoms with Crippen molar-refractivity contribution in [1.29, 1.82) is 0 Å². The molecule has 0 radical (unpaired) electrons. The van der Waals surface area contributed by atoms with Crippen LogP contribution in [-0.2, 0) is 15.6 Å². The van der Waals surface area contributed by atoms with E-state index >= 15 is 0 Å². The van der Waals surface area contributed by atoms with Gasteiger partial charge in [-0.05, 0) is 48.4 Å². The van der Waals surface area contributed by atoms with Gasteiger partial charge < -0.3 is 14.1 Å². The highest BCUT2D eigenvalue weighted by Crippen LogP contribution is 2.36. The van der Waals surface area contributed by atoms with E-state index in [1.54, 1.807) is 59.5 Å². The third kappa shape index (κ3) is 3.93. The third-order valence-electron chi connectivity index (χ3n) is 4.49. The molecule has 0 aliphatic heterocycles. The van der Waals surface area contributed by atoms with Crippen molar-refractivity contribution in [2.24, 2.45) is 0 Å². The van der Waals surface area contributed by atoms with Gasteiger partial charge in [0.05, 0.1) is 17.6 Å². The Kier molecular flexibility index (Phi) is 4.71. The Morgan fingerprint density at radius 2 is 2.03 bits per heavy atom. The first-order chi connectivity index (χ1) is 13.8. The number of rotatable bonds is 5. The Bertz CT molecular complexity index is 1360. The number of benzene rings is 1. The maximum Gasteiger partial charge on any atom is 0.272 e. The molecule has 0 aliphatic carbocycles. The monoisotopic (exact) mass is 409 g/mol. The van der Waals surface area contributed by atoms with Gasteiger partial charge in [0.15, 0.2) is 9.84 Å². The first-order valence-corrected chi connectivity index (χ1v) is 11.0. The summed E-state index contributed by atoms with van der Waals surface area (Å²) in [5.74, 6) is 1.01. The van der Waals surface area contributed by atoms with E-state index in [0.29, 0.717) is 28.1 Å². The highest BCUT2D eigenvalue weighted by atomic mass is 32.2. The molecule has 0 bridgehead atoms. The van der Waals surface area contributed by atoms with E-state index in [2.05, 4.69) is 9.97 Å². The molecule has 7 nitrogen and oxygen atoms in total. The number of aromatic nitrogens is 3. The fourth-order valence-electron chi connectivity index (χ4n) is 3.35. The van der Waals surface area contributed by atoms with E-state index in [0.717, 1.165) is 11.3 Å². The first kappa shape index (κ1) is 18.9. The molecule has 8 heteroatoms. The molecule has 0 saturated heterocycles. The van der Waals surface area contributed by atoms with E-state index < -0.39 is 9.84 Å². The second kappa shape index (κ2) is 7.21. The van der Waals surface area contributed by atoms with E-state index in [1.807, 2.05) is 13.0 Å². The predicted molar refractivity (Wildman–Crippen MR) is 111 cm³/mol. The number of ether oxygens (including phenoxy) is 1. The van der Waals surface area contributed by atoms with Crippen molar-refractivity contribution in [1.82, 2.24) is 14.4 Å². The average molecular weight is 409 g/mol. The fraction of sp³-hybridized carbons (Fsp3) is 0.143. The lowest BCUT2D eigenvalue weighted by Crippen LogP contribution is -2.09. The molecule has 0 saturated carbocycles. The van der Waals surface area contributed by atoms with E-state index in [1.165, 1.54) is 6.26 Å². The van der Waals surface area contributed by atoms with Gasteiger partial charge in [-0.1, -0.05) is 6.07 Å². The van der Waals surface area contributed by atoms with Crippen LogP contribution in [0.25, 0.3) is 16.8 Å². The number of nitrogens with one attached hydrogen (secondary N) is 1. The Morgan fingerprint density at radius 1 is 1.21 bits per heavy atom. The summed E-state index contributed by atoms with van der Waals surface area (Å²) < 4.78 is 31.4. The molecular formula is C21H19N3O4S. The molecule has 0 fully saturated rings. The van der Waals surface area contributed by atoms with Crippen LogP contribution >= 0.6 is 0 Å². The summed E-state index contributed by atoms with van der Waals surface area (Å²) in [6.45, 7) is 1.86.